The van der Waals surface area contributed by atoms with Crippen molar-refractivity contribution in [3.63, 3.8) is 0 Å². The van der Waals surface area contributed by atoms with Crippen molar-refractivity contribution >= 4 is 33.2 Å². The van der Waals surface area contributed by atoms with Gasteiger partial charge in [0.1, 0.15) is 11.2 Å². The molecule has 0 bridgehead atoms. The zero-order valence-corrected chi connectivity index (χ0v) is 9.94. The van der Waals surface area contributed by atoms with E-state index in [1.807, 2.05) is 5.38 Å². The molecule has 3 nitrogen and oxygen atoms in total. The lowest BCUT2D eigenvalue weighted by Crippen LogP contribution is -1.99. The molecule has 0 aliphatic heterocycles. The lowest BCUT2D eigenvalue weighted by atomic mass is 10.3. The van der Waals surface area contributed by atoms with E-state index >= 15 is 0 Å². The first kappa shape index (κ1) is 10.6. The van der Waals surface area contributed by atoms with E-state index in [2.05, 4.69) is 16.9 Å². The first-order valence-corrected chi connectivity index (χ1v) is 6.09. The molecule has 2 aromatic rings. The molecule has 0 N–H and O–H groups in total. The number of hydrogen-bond acceptors (Lipinski definition) is 4. The molecular weight excluding hydrogens is 232 g/mol. The Morgan fingerprint density at radius 3 is 3.13 bits per heavy atom. The summed E-state index contributed by atoms with van der Waals surface area (Å²) in [4.78, 5) is 9.11. The van der Waals surface area contributed by atoms with Crippen molar-refractivity contribution in [3.8, 4) is 5.88 Å². The molecule has 80 valence electrons. The van der Waals surface area contributed by atoms with E-state index in [1.54, 1.807) is 0 Å². The number of halogens is 1. The maximum Gasteiger partial charge on any atom is 0.226 e. The molecule has 15 heavy (non-hydrogen) atoms. The van der Waals surface area contributed by atoms with Crippen molar-refractivity contribution in [1.82, 2.24) is 9.97 Å². The molecule has 0 amide bonds. The second-order valence-electron chi connectivity index (χ2n) is 3.14. The van der Waals surface area contributed by atoms with Crippen LogP contribution in [0.1, 0.15) is 19.8 Å². The molecule has 2 aromatic heterocycles. The molecule has 0 aliphatic carbocycles. The Balaban J connectivity index is 2.29. The summed E-state index contributed by atoms with van der Waals surface area (Å²) in [5, 5.41) is 3.36. The van der Waals surface area contributed by atoms with Crippen molar-refractivity contribution in [3.05, 3.63) is 16.7 Å². The van der Waals surface area contributed by atoms with Gasteiger partial charge in [-0.15, -0.1) is 11.3 Å². The largest absolute Gasteiger partial charge is 0.477 e. The summed E-state index contributed by atoms with van der Waals surface area (Å²) in [7, 11) is 0. The molecule has 0 radical (unpaired) electrons. The minimum atomic E-state index is 0.597. The summed E-state index contributed by atoms with van der Waals surface area (Å²) in [6, 6.07) is 0. The number of fused-ring (bicyclic) bond motifs is 1. The van der Waals surface area contributed by atoms with Gasteiger partial charge >= 0.3 is 0 Å². The summed E-state index contributed by atoms with van der Waals surface area (Å²) in [5.41, 5.74) is 0. The van der Waals surface area contributed by atoms with Crippen LogP contribution in [-0.4, -0.2) is 16.6 Å². The monoisotopic (exact) mass is 242 g/mol. The Bertz CT molecular complexity index is 458. The van der Waals surface area contributed by atoms with Gasteiger partial charge in [-0.1, -0.05) is 24.9 Å². The molecule has 0 saturated carbocycles. The van der Waals surface area contributed by atoms with Crippen LogP contribution in [0.2, 0.25) is 5.02 Å². The third kappa shape index (κ3) is 2.21. The SMILES string of the molecule is CCCCOc1ncnc2scc(Cl)c12. The molecule has 0 fully saturated rings. The van der Waals surface area contributed by atoms with Crippen molar-refractivity contribution in [2.24, 2.45) is 0 Å². The molecule has 0 aromatic carbocycles. The fourth-order valence-corrected chi connectivity index (χ4v) is 2.35. The van der Waals surface area contributed by atoms with E-state index < -0.39 is 0 Å². The van der Waals surface area contributed by atoms with Gasteiger partial charge in [0.05, 0.1) is 17.0 Å². The molecule has 2 rings (SSSR count). The molecule has 2 heterocycles. The third-order valence-electron chi connectivity index (χ3n) is 2.03. The normalized spacial score (nSPS) is 10.8. The summed E-state index contributed by atoms with van der Waals surface area (Å²) >= 11 is 7.55. The van der Waals surface area contributed by atoms with Gasteiger partial charge in [0.25, 0.3) is 0 Å². The van der Waals surface area contributed by atoms with Crippen LogP contribution in [0.25, 0.3) is 10.2 Å². The number of unbranched alkanes of at least 4 members (excludes halogenated alkanes) is 1. The summed E-state index contributed by atoms with van der Waals surface area (Å²) < 4.78 is 5.57. The highest BCUT2D eigenvalue weighted by atomic mass is 35.5. The Kier molecular flexibility index (Phi) is 3.38. The van der Waals surface area contributed by atoms with Gasteiger partial charge < -0.3 is 4.74 Å². The first-order valence-electron chi connectivity index (χ1n) is 4.83. The van der Waals surface area contributed by atoms with E-state index in [0.29, 0.717) is 17.5 Å². The van der Waals surface area contributed by atoms with Gasteiger partial charge in [0, 0.05) is 5.38 Å². The number of ether oxygens (including phenoxy) is 1. The Labute approximate surface area is 97.1 Å². The zero-order valence-electron chi connectivity index (χ0n) is 8.36. The quantitative estimate of drug-likeness (QED) is 0.770. The highest BCUT2D eigenvalue weighted by Crippen LogP contribution is 2.33. The third-order valence-corrected chi connectivity index (χ3v) is 3.34. The van der Waals surface area contributed by atoms with E-state index in [4.69, 9.17) is 16.3 Å². The van der Waals surface area contributed by atoms with Crippen LogP contribution in [0.3, 0.4) is 0 Å². The second kappa shape index (κ2) is 4.77. The standard InChI is InChI=1S/C10H11ClN2OS/c1-2-3-4-14-9-8-7(11)5-15-10(8)13-6-12-9/h5-6H,2-4H2,1H3. The molecule has 0 spiro atoms. The van der Waals surface area contributed by atoms with E-state index in [1.165, 1.54) is 17.7 Å². The molecule has 0 saturated heterocycles. The predicted molar refractivity (Wildman–Crippen MR) is 62.8 cm³/mol. The second-order valence-corrected chi connectivity index (χ2v) is 4.41. The number of thiophene rings is 1. The highest BCUT2D eigenvalue weighted by molar-refractivity contribution is 7.17. The number of rotatable bonds is 4. The van der Waals surface area contributed by atoms with E-state index in [-0.39, 0.29) is 0 Å². The van der Waals surface area contributed by atoms with Crippen LogP contribution < -0.4 is 4.74 Å². The number of hydrogen-bond donors (Lipinski definition) is 0. The zero-order chi connectivity index (χ0) is 10.7. The van der Waals surface area contributed by atoms with Gasteiger partial charge in [0.15, 0.2) is 0 Å². The summed E-state index contributed by atoms with van der Waals surface area (Å²) in [6.45, 7) is 2.80. The van der Waals surface area contributed by atoms with Gasteiger partial charge in [-0.3, -0.25) is 0 Å². The van der Waals surface area contributed by atoms with Crippen molar-refractivity contribution in [2.75, 3.05) is 6.61 Å². The van der Waals surface area contributed by atoms with Crippen LogP contribution in [-0.2, 0) is 0 Å². The Morgan fingerprint density at radius 1 is 1.47 bits per heavy atom. The number of nitrogens with zero attached hydrogens (tertiary/aromatic N) is 2. The Morgan fingerprint density at radius 2 is 2.33 bits per heavy atom. The molecule has 0 atom stereocenters. The minimum Gasteiger partial charge on any atom is -0.477 e. The van der Waals surface area contributed by atoms with Crippen LogP contribution >= 0.6 is 22.9 Å². The topological polar surface area (TPSA) is 35.0 Å². The maximum atomic E-state index is 6.04. The average Bonchev–Trinajstić information content (AvgIpc) is 2.62. The molecule has 5 heteroatoms. The van der Waals surface area contributed by atoms with Crippen molar-refractivity contribution < 1.29 is 4.74 Å². The van der Waals surface area contributed by atoms with Crippen LogP contribution in [0.5, 0.6) is 5.88 Å². The lowest BCUT2D eigenvalue weighted by Gasteiger charge is -2.04. The van der Waals surface area contributed by atoms with Crippen LogP contribution in [0.15, 0.2) is 11.7 Å². The smallest absolute Gasteiger partial charge is 0.226 e. The predicted octanol–water partition coefficient (Wildman–Crippen LogP) is 3.52. The van der Waals surface area contributed by atoms with E-state index in [9.17, 15) is 0 Å². The van der Waals surface area contributed by atoms with Crippen LogP contribution in [0.4, 0.5) is 0 Å². The Hall–Kier alpha value is -0.870. The van der Waals surface area contributed by atoms with E-state index in [0.717, 1.165) is 23.1 Å². The molecular formula is C10H11ClN2OS. The molecule has 0 aliphatic rings. The van der Waals surface area contributed by atoms with Crippen LogP contribution in [0, 0.1) is 0 Å². The summed E-state index contributed by atoms with van der Waals surface area (Å²) in [6.07, 6.45) is 3.63. The average molecular weight is 243 g/mol. The fraction of sp³-hybridized carbons (Fsp3) is 0.400. The van der Waals surface area contributed by atoms with Gasteiger partial charge in [-0.2, -0.15) is 0 Å². The lowest BCUT2D eigenvalue weighted by molar-refractivity contribution is 0.301. The van der Waals surface area contributed by atoms with Gasteiger partial charge in [-0.25, -0.2) is 9.97 Å². The molecule has 0 unspecified atom stereocenters. The van der Waals surface area contributed by atoms with Gasteiger partial charge in [0.2, 0.25) is 5.88 Å². The summed E-state index contributed by atoms with van der Waals surface area (Å²) in [5.74, 6) is 0.597. The fourth-order valence-electron chi connectivity index (χ4n) is 1.24. The van der Waals surface area contributed by atoms with Crippen molar-refractivity contribution in [1.29, 1.82) is 0 Å². The van der Waals surface area contributed by atoms with Gasteiger partial charge in [-0.05, 0) is 6.42 Å². The number of aromatic nitrogens is 2. The highest BCUT2D eigenvalue weighted by Gasteiger charge is 2.10. The van der Waals surface area contributed by atoms with Crippen molar-refractivity contribution in [2.45, 2.75) is 19.8 Å². The minimum absolute atomic E-state index is 0.597. The first-order chi connectivity index (χ1) is 7.33. The maximum absolute atomic E-state index is 6.04.